The lowest BCUT2D eigenvalue weighted by atomic mass is 10.2. The number of hydrogen-bond donors (Lipinski definition) is 1. The fourth-order valence-corrected chi connectivity index (χ4v) is 2.26. The zero-order valence-corrected chi connectivity index (χ0v) is 13.9. The molecule has 1 N–H and O–H groups in total. The Balaban J connectivity index is 1.79. The van der Waals surface area contributed by atoms with E-state index in [1.54, 1.807) is 18.5 Å². The van der Waals surface area contributed by atoms with Crippen molar-refractivity contribution in [2.24, 2.45) is 0 Å². The summed E-state index contributed by atoms with van der Waals surface area (Å²) in [4.78, 5) is 23.7. The van der Waals surface area contributed by atoms with Gasteiger partial charge >= 0.3 is 11.9 Å². The van der Waals surface area contributed by atoms with Crippen LogP contribution in [0.4, 0.5) is 10.1 Å². The van der Waals surface area contributed by atoms with E-state index in [1.165, 1.54) is 30.7 Å². The normalized spacial score (nSPS) is 16.2. The molecular weight excluding hydrogens is 329 g/mol. The maximum absolute atomic E-state index is 14.3. The van der Waals surface area contributed by atoms with Crippen LogP contribution in [0.2, 0.25) is 0 Å². The second-order valence-corrected chi connectivity index (χ2v) is 6.01. The second kappa shape index (κ2) is 6.04. The highest BCUT2D eigenvalue weighted by atomic mass is 19.1. The first-order valence-electron chi connectivity index (χ1n) is 7.50. The number of anilines is 1. The summed E-state index contributed by atoms with van der Waals surface area (Å²) in [5.41, 5.74) is 1.24. The Labute approximate surface area is 143 Å². The van der Waals surface area contributed by atoms with Crippen LogP contribution in [-0.2, 0) is 19.1 Å². The zero-order valence-electron chi connectivity index (χ0n) is 13.9. The third-order valence-electron chi connectivity index (χ3n) is 3.41. The fourth-order valence-electron chi connectivity index (χ4n) is 2.26. The Kier molecular flexibility index (Phi) is 4.03. The molecule has 0 atom stereocenters. The number of nitrogens with one attached hydrogen (secondary N) is 1. The predicted molar refractivity (Wildman–Crippen MR) is 86.2 cm³/mol. The van der Waals surface area contributed by atoms with Crippen molar-refractivity contribution >= 4 is 17.6 Å². The maximum Gasteiger partial charge on any atom is 0.350 e. The number of esters is 2. The molecular formula is C17H16FN3O4. The molecule has 1 saturated heterocycles. The van der Waals surface area contributed by atoms with Crippen LogP contribution in [0.5, 0.6) is 0 Å². The highest BCUT2D eigenvalue weighted by Crippen LogP contribution is 2.23. The SMILES string of the molecule is Cc1cnn(-c2ccc(NC=C3C(=O)OC(C)(C)OC3=O)cc2F)c1. The van der Waals surface area contributed by atoms with Gasteiger partial charge in [-0.05, 0) is 30.7 Å². The molecule has 0 bridgehead atoms. The summed E-state index contributed by atoms with van der Waals surface area (Å²) in [5.74, 6) is -3.43. The topological polar surface area (TPSA) is 82.5 Å². The molecule has 2 heterocycles. The van der Waals surface area contributed by atoms with Crippen molar-refractivity contribution in [2.45, 2.75) is 26.6 Å². The molecule has 7 nitrogen and oxygen atoms in total. The Morgan fingerprint density at radius 1 is 1.24 bits per heavy atom. The van der Waals surface area contributed by atoms with Crippen molar-refractivity contribution in [1.82, 2.24) is 9.78 Å². The van der Waals surface area contributed by atoms with Crippen LogP contribution in [0.25, 0.3) is 5.69 Å². The van der Waals surface area contributed by atoms with Crippen molar-refractivity contribution in [3.63, 3.8) is 0 Å². The number of aromatic nitrogens is 2. The first-order valence-corrected chi connectivity index (χ1v) is 7.50. The summed E-state index contributed by atoms with van der Waals surface area (Å²) in [6.45, 7) is 4.77. The van der Waals surface area contributed by atoms with Crippen LogP contribution < -0.4 is 5.32 Å². The Bertz CT molecular complexity index is 864. The van der Waals surface area contributed by atoms with Gasteiger partial charge in [0.05, 0.1) is 6.20 Å². The number of ether oxygens (including phenoxy) is 2. The molecule has 25 heavy (non-hydrogen) atoms. The maximum atomic E-state index is 14.3. The number of carbonyl (C=O) groups is 2. The predicted octanol–water partition coefficient (Wildman–Crippen LogP) is 2.45. The van der Waals surface area contributed by atoms with Gasteiger partial charge in [0.25, 0.3) is 5.79 Å². The van der Waals surface area contributed by atoms with E-state index in [4.69, 9.17) is 9.47 Å². The van der Waals surface area contributed by atoms with Gasteiger partial charge in [-0.3, -0.25) is 0 Å². The van der Waals surface area contributed by atoms with Crippen LogP contribution >= 0.6 is 0 Å². The van der Waals surface area contributed by atoms with Crippen molar-refractivity contribution < 1.29 is 23.5 Å². The third kappa shape index (κ3) is 3.52. The van der Waals surface area contributed by atoms with Gasteiger partial charge in [-0.2, -0.15) is 5.10 Å². The summed E-state index contributed by atoms with van der Waals surface area (Å²) < 4.78 is 25.6. The number of carbonyl (C=O) groups excluding carboxylic acids is 2. The summed E-state index contributed by atoms with van der Waals surface area (Å²) in [7, 11) is 0. The minimum absolute atomic E-state index is 0.282. The van der Waals surface area contributed by atoms with Gasteiger partial charge in [0, 0.05) is 31.9 Å². The number of benzene rings is 1. The monoisotopic (exact) mass is 345 g/mol. The first kappa shape index (κ1) is 16.7. The van der Waals surface area contributed by atoms with Gasteiger partial charge in [-0.15, -0.1) is 0 Å². The molecule has 0 saturated carbocycles. The molecule has 1 fully saturated rings. The van der Waals surface area contributed by atoms with Crippen molar-refractivity contribution in [1.29, 1.82) is 0 Å². The van der Waals surface area contributed by atoms with Crippen LogP contribution in [0.1, 0.15) is 19.4 Å². The molecule has 0 spiro atoms. The van der Waals surface area contributed by atoms with Crippen LogP contribution in [0, 0.1) is 12.7 Å². The smallest absolute Gasteiger partial charge is 0.350 e. The summed E-state index contributed by atoms with van der Waals surface area (Å²) >= 11 is 0. The number of hydrogen-bond acceptors (Lipinski definition) is 6. The molecule has 8 heteroatoms. The van der Waals surface area contributed by atoms with Crippen LogP contribution in [0.15, 0.2) is 42.4 Å². The first-order chi connectivity index (χ1) is 11.7. The second-order valence-electron chi connectivity index (χ2n) is 6.01. The zero-order chi connectivity index (χ0) is 18.2. The molecule has 2 aromatic rings. The molecule has 1 aliphatic heterocycles. The largest absolute Gasteiger partial charge is 0.419 e. The lowest BCUT2D eigenvalue weighted by Gasteiger charge is -2.29. The fraction of sp³-hybridized carbons (Fsp3) is 0.235. The van der Waals surface area contributed by atoms with Gasteiger partial charge in [0.2, 0.25) is 0 Å². The summed E-state index contributed by atoms with van der Waals surface area (Å²) in [6, 6.07) is 4.35. The van der Waals surface area contributed by atoms with Crippen molar-refractivity contribution in [3.05, 3.63) is 53.7 Å². The Morgan fingerprint density at radius 3 is 2.48 bits per heavy atom. The standard InChI is InChI=1S/C17H16FN3O4/c1-10-7-20-21(9-10)14-5-4-11(6-13(14)18)19-8-12-15(22)24-17(2,3)25-16(12)23/h4-9,19H,1-3H3. The molecule has 1 aliphatic rings. The van der Waals surface area contributed by atoms with Crippen LogP contribution in [0.3, 0.4) is 0 Å². The molecule has 1 aromatic heterocycles. The highest BCUT2D eigenvalue weighted by Gasteiger charge is 2.38. The average molecular weight is 345 g/mol. The number of cyclic esters (lactones) is 2. The van der Waals surface area contributed by atoms with E-state index in [0.29, 0.717) is 5.69 Å². The number of rotatable bonds is 3. The lowest BCUT2D eigenvalue weighted by molar-refractivity contribution is -0.222. The van der Waals surface area contributed by atoms with Gasteiger partial charge < -0.3 is 14.8 Å². The Hall–Kier alpha value is -3.16. The minimum Gasteiger partial charge on any atom is -0.419 e. The van der Waals surface area contributed by atoms with Gasteiger partial charge in [0.15, 0.2) is 11.4 Å². The van der Waals surface area contributed by atoms with E-state index in [-0.39, 0.29) is 11.3 Å². The van der Waals surface area contributed by atoms with Crippen molar-refractivity contribution in [3.8, 4) is 5.69 Å². The van der Waals surface area contributed by atoms with E-state index in [2.05, 4.69) is 10.4 Å². The number of aryl methyl sites for hydroxylation is 1. The van der Waals surface area contributed by atoms with Gasteiger partial charge in [-0.1, -0.05) is 0 Å². The van der Waals surface area contributed by atoms with Crippen molar-refractivity contribution in [2.75, 3.05) is 5.32 Å². The molecule has 0 amide bonds. The number of halogens is 1. The average Bonchev–Trinajstić information content (AvgIpc) is 2.91. The number of nitrogens with zero attached hydrogens (tertiary/aromatic N) is 2. The molecule has 0 aliphatic carbocycles. The van der Waals surface area contributed by atoms with E-state index in [9.17, 15) is 14.0 Å². The Morgan fingerprint density at radius 2 is 1.92 bits per heavy atom. The molecule has 130 valence electrons. The summed E-state index contributed by atoms with van der Waals surface area (Å²) in [6.07, 6.45) is 4.45. The van der Waals surface area contributed by atoms with Crippen LogP contribution in [-0.4, -0.2) is 27.5 Å². The van der Waals surface area contributed by atoms with E-state index < -0.39 is 23.5 Å². The minimum atomic E-state index is -1.30. The molecule has 3 rings (SSSR count). The lowest BCUT2D eigenvalue weighted by Crippen LogP contribution is -2.42. The van der Waals surface area contributed by atoms with E-state index >= 15 is 0 Å². The van der Waals surface area contributed by atoms with Gasteiger partial charge in [0.1, 0.15) is 5.69 Å². The molecule has 0 unspecified atom stereocenters. The molecule has 1 aromatic carbocycles. The highest BCUT2D eigenvalue weighted by molar-refractivity contribution is 6.15. The van der Waals surface area contributed by atoms with E-state index in [0.717, 1.165) is 11.8 Å². The van der Waals surface area contributed by atoms with Gasteiger partial charge in [-0.25, -0.2) is 18.7 Å². The van der Waals surface area contributed by atoms with E-state index in [1.807, 2.05) is 6.92 Å². The third-order valence-corrected chi connectivity index (χ3v) is 3.41. The summed E-state index contributed by atoms with van der Waals surface area (Å²) in [5, 5.41) is 6.75. The molecule has 0 radical (unpaired) electrons. The quantitative estimate of drug-likeness (QED) is 0.523.